The highest BCUT2D eigenvalue weighted by atomic mass is 15.3. The van der Waals surface area contributed by atoms with Gasteiger partial charge in [-0.15, -0.1) is 0 Å². The van der Waals surface area contributed by atoms with Crippen LogP contribution in [0.1, 0.15) is 90.9 Å². The van der Waals surface area contributed by atoms with Gasteiger partial charge in [-0.3, -0.25) is 9.80 Å². The van der Waals surface area contributed by atoms with Gasteiger partial charge in [0, 0.05) is 0 Å². The third-order valence-corrected chi connectivity index (χ3v) is 4.27. The molecular formula is C19H42N2. The minimum Gasteiger partial charge on any atom is -0.294 e. The summed E-state index contributed by atoms with van der Waals surface area (Å²) in [6.07, 6.45) is 16.8. The average Bonchev–Trinajstić information content (AvgIpc) is 2.46. The molecule has 0 saturated carbocycles. The van der Waals surface area contributed by atoms with E-state index in [-0.39, 0.29) is 0 Å². The SMILES string of the molecule is CCCCCCCCN(C)CN(C)CCCCCCCC. The number of hydrogen-bond donors (Lipinski definition) is 0. The van der Waals surface area contributed by atoms with Crippen molar-refractivity contribution in [3.63, 3.8) is 0 Å². The molecule has 0 aromatic heterocycles. The van der Waals surface area contributed by atoms with Crippen molar-refractivity contribution in [2.24, 2.45) is 0 Å². The highest BCUT2D eigenvalue weighted by Gasteiger charge is 2.03. The zero-order valence-corrected chi connectivity index (χ0v) is 15.5. The second-order valence-corrected chi connectivity index (χ2v) is 6.84. The molecule has 0 aliphatic heterocycles. The lowest BCUT2D eigenvalue weighted by molar-refractivity contribution is 0.178. The fourth-order valence-corrected chi connectivity index (χ4v) is 2.88. The molecular weight excluding hydrogens is 256 g/mol. The zero-order chi connectivity index (χ0) is 15.8. The van der Waals surface area contributed by atoms with Crippen LogP contribution in [0.25, 0.3) is 0 Å². The summed E-state index contributed by atoms with van der Waals surface area (Å²) in [6.45, 7) is 8.21. The molecule has 0 amide bonds. The minimum absolute atomic E-state index is 1.13. The van der Waals surface area contributed by atoms with Crippen LogP contribution < -0.4 is 0 Å². The molecule has 0 N–H and O–H groups in total. The molecule has 128 valence electrons. The summed E-state index contributed by atoms with van der Waals surface area (Å²) in [4.78, 5) is 4.97. The Morgan fingerprint density at radius 2 is 0.810 bits per heavy atom. The van der Waals surface area contributed by atoms with Crippen molar-refractivity contribution in [2.45, 2.75) is 90.9 Å². The highest BCUT2D eigenvalue weighted by molar-refractivity contribution is 4.55. The van der Waals surface area contributed by atoms with E-state index in [1.54, 1.807) is 0 Å². The second-order valence-electron chi connectivity index (χ2n) is 6.84. The van der Waals surface area contributed by atoms with Gasteiger partial charge >= 0.3 is 0 Å². The zero-order valence-electron chi connectivity index (χ0n) is 15.5. The molecule has 0 aliphatic carbocycles. The minimum atomic E-state index is 1.13. The third-order valence-electron chi connectivity index (χ3n) is 4.27. The monoisotopic (exact) mass is 298 g/mol. The van der Waals surface area contributed by atoms with Gasteiger partial charge in [0.1, 0.15) is 0 Å². The lowest BCUT2D eigenvalue weighted by Gasteiger charge is -2.24. The predicted molar refractivity (Wildman–Crippen MR) is 96.9 cm³/mol. The number of nitrogens with zero attached hydrogens (tertiary/aromatic N) is 2. The van der Waals surface area contributed by atoms with Crippen LogP contribution in [-0.4, -0.2) is 43.7 Å². The van der Waals surface area contributed by atoms with Crippen molar-refractivity contribution >= 4 is 0 Å². The molecule has 0 aliphatic rings. The van der Waals surface area contributed by atoms with Gasteiger partial charge in [-0.1, -0.05) is 78.1 Å². The van der Waals surface area contributed by atoms with E-state index < -0.39 is 0 Å². The molecule has 2 nitrogen and oxygen atoms in total. The maximum atomic E-state index is 2.48. The van der Waals surface area contributed by atoms with Crippen molar-refractivity contribution in [2.75, 3.05) is 33.9 Å². The Balaban J connectivity index is 3.33. The first kappa shape index (κ1) is 20.9. The summed E-state index contributed by atoms with van der Waals surface area (Å²) in [6, 6.07) is 0. The standard InChI is InChI=1S/C19H42N2/c1-5-7-9-11-13-15-17-20(3)19-21(4)18-16-14-12-10-8-6-2/h5-19H2,1-4H3. The summed E-state index contributed by atoms with van der Waals surface area (Å²) in [5.74, 6) is 0. The molecule has 0 rings (SSSR count). The summed E-state index contributed by atoms with van der Waals surface area (Å²) >= 11 is 0. The summed E-state index contributed by atoms with van der Waals surface area (Å²) in [7, 11) is 4.54. The van der Waals surface area contributed by atoms with Crippen LogP contribution in [0, 0.1) is 0 Å². The van der Waals surface area contributed by atoms with Crippen LogP contribution >= 0.6 is 0 Å². The van der Waals surface area contributed by atoms with Gasteiger partial charge in [-0.2, -0.15) is 0 Å². The van der Waals surface area contributed by atoms with Crippen LogP contribution in [0.2, 0.25) is 0 Å². The Morgan fingerprint density at radius 1 is 0.476 bits per heavy atom. The molecule has 0 heterocycles. The van der Waals surface area contributed by atoms with Crippen molar-refractivity contribution in [3.8, 4) is 0 Å². The van der Waals surface area contributed by atoms with Crippen LogP contribution in [0.5, 0.6) is 0 Å². The van der Waals surface area contributed by atoms with Crippen molar-refractivity contribution in [3.05, 3.63) is 0 Å². The van der Waals surface area contributed by atoms with Crippen LogP contribution in [0.3, 0.4) is 0 Å². The van der Waals surface area contributed by atoms with Crippen molar-refractivity contribution in [1.29, 1.82) is 0 Å². The molecule has 0 radical (unpaired) electrons. The number of unbranched alkanes of at least 4 members (excludes halogenated alkanes) is 10. The van der Waals surface area contributed by atoms with Gasteiger partial charge in [0.15, 0.2) is 0 Å². The smallest absolute Gasteiger partial charge is 0.0500 e. The van der Waals surface area contributed by atoms with Crippen molar-refractivity contribution in [1.82, 2.24) is 9.80 Å². The maximum Gasteiger partial charge on any atom is 0.0500 e. The van der Waals surface area contributed by atoms with Gasteiger partial charge in [0.05, 0.1) is 6.67 Å². The molecule has 21 heavy (non-hydrogen) atoms. The van der Waals surface area contributed by atoms with E-state index in [9.17, 15) is 0 Å². The predicted octanol–water partition coefficient (Wildman–Crippen LogP) is 5.53. The maximum absolute atomic E-state index is 2.48. The van der Waals surface area contributed by atoms with Crippen LogP contribution in [0.4, 0.5) is 0 Å². The first-order valence-electron chi connectivity index (χ1n) is 9.57. The van der Waals surface area contributed by atoms with Crippen LogP contribution in [0.15, 0.2) is 0 Å². The fraction of sp³-hybridized carbons (Fsp3) is 1.00. The van der Waals surface area contributed by atoms with Crippen molar-refractivity contribution < 1.29 is 0 Å². The number of hydrogen-bond acceptors (Lipinski definition) is 2. The first-order chi connectivity index (χ1) is 10.2. The van der Waals surface area contributed by atoms with E-state index in [4.69, 9.17) is 0 Å². The largest absolute Gasteiger partial charge is 0.294 e. The molecule has 0 atom stereocenters. The quantitative estimate of drug-likeness (QED) is 0.273. The Hall–Kier alpha value is -0.0800. The van der Waals surface area contributed by atoms with Crippen LogP contribution in [-0.2, 0) is 0 Å². The molecule has 2 heteroatoms. The summed E-state index contributed by atoms with van der Waals surface area (Å²) in [5.41, 5.74) is 0. The average molecular weight is 299 g/mol. The molecule has 0 fully saturated rings. The molecule has 0 saturated heterocycles. The van der Waals surface area contributed by atoms with E-state index in [1.807, 2.05) is 0 Å². The second kappa shape index (κ2) is 16.3. The van der Waals surface area contributed by atoms with Gasteiger partial charge in [-0.25, -0.2) is 0 Å². The Bertz CT molecular complexity index is 174. The highest BCUT2D eigenvalue weighted by Crippen LogP contribution is 2.07. The molecule has 0 aromatic carbocycles. The van der Waals surface area contributed by atoms with E-state index >= 15 is 0 Å². The molecule has 0 spiro atoms. The van der Waals surface area contributed by atoms with E-state index in [0.29, 0.717) is 0 Å². The van der Waals surface area contributed by atoms with Gasteiger partial charge in [0.25, 0.3) is 0 Å². The molecule has 0 unspecified atom stereocenters. The topological polar surface area (TPSA) is 6.48 Å². The third kappa shape index (κ3) is 16.1. The molecule has 0 bridgehead atoms. The first-order valence-corrected chi connectivity index (χ1v) is 9.57. The Morgan fingerprint density at radius 3 is 1.19 bits per heavy atom. The van der Waals surface area contributed by atoms with Gasteiger partial charge < -0.3 is 0 Å². The van der Waals surface area contributed by atoms with E-state index in [2.05, 4.69) is 37.7 Å². The number of rotatable bonds is 16. The lowest BCUT2D eigenvalue weighted by Crippen LogP contribution is -2.34. The van der Waals surface area contributed by atoms with E-state index in [1.165, 1.54) is 90.1 Å². The van der Waals surface area contributed by atoms with E-state index in [0.717, 1.165) is 6.67 Å². The van der Waals surface area contributed by atoms with Gasteiger partial charge in [0.2, 0.25) is 0 Å². The molecule has 0 aromatic rings. The summed E-state index contributed by atoms with van der Waals surface area (Å²) in [5, 5.41) is 0. The Kier molecular flexibility index (Phi) is 16.2. The Labute approximate surface area is 135 Å². The normalized spacial score (nSPS) is 11.7. The van der Waals surface area contributed by atoms with Gasteiger partial charge in [-0.05, 0) is 40.0 Å². The fourth-order valence-electron chi connectivity index (χ4n) is 2.88. The summed E-state index contributed by atoms with van der Waals surface area (Å²) < 4.78 is 0. The lowest BCUT2D eigenvalue weighted by atomic mass is 10.1.